The van der Waals surface area contributed by atoms with Crippen LogP contribution in [-0.2, 0) is 21.4 Å². The number of benzene rings is 3. The lowest BCUT2D eigenvalue weighted by atomic mass is 10.1. The van der Waals surface area contributed by atoms with Crippen molar-refractivity contribution in [2.75, 3.05) is 17.9 Å². The first-order valence-corrected chi connectivity index (χ1v) is 11.4. The SMILES string of the molecule is COc1ccc(CNS(=O)(=O)c2ccc3c(c2)/C(=N/Nc2ccccc2[N+](=O)[O-])C(=O)N3)cc1. The van der Waals surface area contributed by atoms with Gasteiger partial charge in [-0.2, -0.15) is 5.10 Å². The van der Waals surface area contributed by atoms with Crippen LogP contribution in [0, 0.1) is 10.1 Å². The van der Waals surface area contributed by atoms with Gasteiger partial charge in [0.05, 0.1) is 22.6 Å². The molecule has 174 valence electrons. The van der Waals surface area contributed by atoms with Crippen LogP contribution in [0.2, 0.25) is 0 Å². The number of para-hydroxylation sites is 2. The lowest BCUT2D eigenvalue weighted by Crippen LogP contribution is -2.23. The minimum atomic E-state index is -3.91. The molecule has 0 fully saturated rings. The Morgan fingerprint density at radius 1 is 1.09 bits per heavy atom. The number of methoxy groups -OCH3 is 1. The number of ether oxygens (including phenoxy) is 1. The van der Waals surface area contributed by atoms with Gasteiger partial charge in [0.15, 0.2) is 5.71 Å². The monoisotopic (exact) mass is 481 g/mol. The topological polar surface area (TPSA) is 152 Å². The molecule has 1 aliphatic heterocycles. The Bertz CT molecular complexity index is 1400. The number of fused-ring (bicyclic) bond motifs is 1. The first-order valence-electron chi connectivity index (χ1n) is 9.94. The summed E-state index contributed by atoms with van der Waals surface area (Å²) in [5.41, 5.74) is 3.67. The largest absolute Gasteiger partial charge is 0.497 e. The second kappa shape index (κ2) is 9.29. The van der Waals surface area contributed by atoms with Crippen LogP contribution in [0.25, 0.3) is 0 Å². The molecule has 12 heteroatoms. The number of nitrogens with one attached hydrogen (secondary N) is 3. The summed E-state index contributed by atoms with van der Waals surface area (Å²) < 4.78 is 33.3. The molecular formula is C22H19N5O6S. The predicted octanol–water partition coefficient (Wildman–Crippen LogP) is 2.85. The summed E-state index contributed by atoms with van der Waals surface area (Å²) >= 11 is 0. The standard InChI is InChI=1S/C22H19N5O6S/c1-33-15-8-6-14(7-9-15)13-23-34(31,32)16-10-11-18-17(12-16)21(22(28)24-18)26-25-19-4-2-3-5-20(19)27(29)30/h2-12,23,25H,13H2,1H3,(H,24,26,28). The van der Waals surface area contributed by atoms with Gasteiger partial charge in [0.2, 0.25) is 10.0 Å². The molecule has 0 unspecified atom stereocenters. The molecule has 0 atom stereocenters. The molecule has 1 heterocycles. The van der Waals surface area contributed by atoms with Crippen molar-refractivity contribution in [1.82, 2.24) is 4.72 Å². The number of nitro benzene ring substituents is 1. The number of carbonyl (C=O) groups excluding carboxylic acids is 1. The smallest absolute Gasteiger partial charge is 0.294 e. The van der Waals surface area contributed by atoms with Gasteiger partial charge in [0.1, 0.15) is 11.4 Å². The first kappa shape index (κ1) is 22.9. The van der Waals surface area contributed by atoms with E-state index in [1.165, 1.54) is 36.4 Å². The number of nitro groups is 1. The molecule has 0 radical (unpaired) electrons. The molecule has 0 aliphatic carbocycles. The third kappa shape index (κ3) is 4.72. The van der Waals surface area contributed by atoms with E-state index in [9.17, 15) is 23.3 Å². The molecule has 11 nitrogen and oxygen atoms in total. The van der Waals surface area contributed by atoms with E-state index < -0.39 is 20.9 Å². The van der Waals surface area contributed by atoms with E-state index in [0.29, 0.717) is 11.4 Å². The van der Waals surface area contributed by atoms with Crippen LogP contribution in [0.15, 0.2) is 76.7 Å². The maximum absolute atomic E-state index is 12.8. The molecule has 1 amide bonds. The minimum absolute atomic E-state index is 0.0563. The summed E-state index contributed by atoms with van der Waals surface area (Å²) in [6, 6.07) is 16.9. The van der Waals surface area contributed by atoms with E-state index in [1.54, 1.807) is 37.4 Å². The summed E-state index contributed by atoms with van der Waals surface area (Å²) in [4.78, 5) is 23.0. The average molecular weight is 481 g/mol. The molecule has 3 aromatic rings. The summed E-state index contributed by atoms with van der Waals surface area (Å²) in [5, 5.41) is 17.8. The number of amides is 1. The van der Waals surface area contributed by atoms with Gasteiger partial charge >= 0.3 is 0 Å². The number of nitrogens with zero attached hydrogens (tertiary/aromatic N) is 2. The fourth-order valence-electron chi connectivity index (χ4n) is 3.26. The third-order valence-electron chi connectivity index (χ3n) is 5.03. The van der Waals surface area contributed by atoms with Crippen LogP contribution in [0.5, 0.6) is 5.75 Å². The summed E-state index contributed by atoms with van der Waals surface area (Å²) in [7, 11) is -2.37. The van der Waals surface area contributed by atoms with Crippen molar-refractivity contribution in [2.24, 2.45) is 5.10 Å². The molecule has 1 aliphatic rings. The Hall–Kier alpha value is -4.29. The van der Waals surface area contributed by atoms with Crippen molar-refractivity contribution in [3.63, 3.8) is 0 Å². The lowest BCUT2D eigenvalue weighted by molar-refractivity contribution is -0.384. The van der Waals surface area contributed by atoms with Crippen LogP contribution < -0.4 is 20.2 Å². The molecule has 0 saturated heterocycles. The highest BCUT2D eigenvalue weighted by Crippen LogP contribution is 2.28. The average Bonchev–Trinajstić information content (AvgIpc) is 3.16. The van der Waals surface area contributed by atoms with Crippen LogP contribution in [0.1, 0.15) is 11.1 Å². The fourth-order valence-corrected chi connectivity index (χ4v) is 4.30. The maximum atomic E-state index is 12.8. The molecule has 3 N–H and O–H groups in total. The molecule has 4 rings (SSSR count). The van der Waals surface area contributed by atoms with Gasteiger partial charge in [-0.25, -0.2) is 13.1 Å². The van der Waals surface area contributed by atoms with Gasteiger partial charge in [-0.3, -0.25) is 20.3 Å². The molecule has 0 aromatic heterocycles. The van der Waals surface area contributed by atoms with Gasteiger partial charge in [0, 0.05) is 18.2 Å². The van der Waals surface area contributed by atoms with Crippen LogP contribution in [-0.4, -0.2) is 32.1 Å². The Morgan fingerprint density at radius 3 is 2.53 bits per heavy atom. The second-order valence-corrected chi connectivity index (χ2v) is 8.95. The van der Waals surface area contributed by atoms with E-state index in [0.717, 1.165) is 5.56 Å². The van der Waals surface area contributed by atoms with Gasteiger partial charge in [-0.05, 0) is 42.0 Å². The Morgan fingerprint density at radius 2 is 1.82 bits per heavy atom. The maximum Gasteiger partial charge on any atom is 0.294 e. The minimum Gasteiger partial charge on any atom is -0.497 e. The van der Waals surface area contributed by atoms with Crippen LogP contribution in [0.4, 0.5) is 17.1 Å². The number of rotatable bonds is 8. The Labute approximate surface area is 194 Å². The number of sulfonamides is 1. The van der Waals surface area contributed by atoms with Gasteiger partial charge in [-0.15, -0.1) is 0 Å². The van der Waals surface area contributed by atoms with Gasteiger partial charge in [-0.1, -0.05) is 24.3 Å². The normalized spacial score (nSPS) is 13.9. The predicted molar refractivity (Wildman–Crippen MR) is 125 cm³/mol. The van der Waals surface area contributed by atoms with E-state index in [1.807, 2.05) is 0 Å². The van der Waals surface area contributed by atoms with Gasteiger partial charge in [0.25, 0.3) is 11.6 Å². The molecule has 3 aromatic carbocycles. The molecular weight excluding hydrogens is 462 g/mol. The van der Waals surface area contributed by atoms with E-state index >= 15 is 0 Å². The lowest BCUT2D eigenvalue weighted by Gasteiger charge is -2.09. The second-order valence-electron chi connectivity index (χ2n) is 7.18. The Kier molecular flexibility index (Phi) is 6.25. The summed E-state index contributed by atoms with van der Waals surface area (Å²) in [5.74, 6) is 0.0884. The summed E-state index contributed by atoms with van der Waals surface area (Å²) in [6.45, 7) is 0.0563. The van der Waals surface area contributed by atoms with E-state index in [2.05, 4.69) is 20.6 Å². The van der Waals surface area contributed by atoms with Crippen molar-refractivity contribution in [3.8, 4) is 5.75 Å². The number of hydrazone groups is 1. The van der Waals surface area contributed by atoms with Crippen molar-refractivity contribution in [1.29, 1.82) is 0 Å². The van der Waals surface area contributed by atoms with Crippen molar-refractivity contribution < 1.29 is 22.9 Å². The highest BCUT2D eigenvalue weighted by Gasteiger charge is 2.29. The van der Waals surface area contributed by atoms with Crippen LogP contribution in [0.3, 0.4) is 0 Å². The zero-order chi connectivity index (χ0) is 24.3. The third-order valence-corrected chi connectivity index (χ3v) is 6.43. The van der Waals surface area contributed by atoms with Crippen molar-refractivity contribution >= 4 is 38.7 Å². The van der Waals surface area contributed by atoms with Crippen molar-refractivity contribution in [2.45, 2.75) is 11.4 Å². The summed E-state index contributed by atoms with van der Waals surface area (Å²) in [6.07, 6.45) is 0. The van der Waals surface area contributed by atoms with Gasteiger partial charge < -0.3 is 10.1 Å². The number of anilines is 2. The van der Waals surface area contributed by atoms with E-state index in [4.69, 9.17) is 4.74 Å². The quantitative estimate of drug-likeness (QED) is 0.330. The zero-order valence-corrected chi connectivity index (χ0v) is 18.6. The Balaban J connectivity index is 1.57. The fraction of sp³-hybridized carbons (Fsp3) is 0.0909. The number of hydrogen-bond acceptors (Lipinski definition) is 8. The number of hydrogen-bond donors (Lipinski definition) is 3. The van der Waals surface area contributed by atoms with E-state index in [-0.39, 0.29) is 34.1 Å². The first-order chi connectivity index (χ1) is 16.3. The molecule has 34 heavy (non-hydrogen) atoms. The molecule has 0 bridgehead atoms. The van der Waals surface area contributed by atoms with Crippen LogP contribution >= 0.6 is 0 Å². The zero-order valence-electron chi connectivity index (χ0n) is 17.8. The van der Waals surface area contributed by atoms with Crippen molar-refractivity contribution in [3.05, 3.63) is 88.0 Å². The highest BCUT2D eigenvalue weighted by molar-refractivity contribution is 7.89. The molecule has 0 spiro atoms. The number of carbonyl (C=O) groups is 1. The molecule has 0 saturated carbocycles. The highest BCUT2D eigenvalue weighted by atomic mass is 32.2.